The number of carbonyl (C=O) groups excluding carboxylic acids is 1. The highest BCUT2D eigenvalue weighted by molar-refractivity contribution is 9.10. The number of nitrogens with zero attached hydrogens (tertiary/aromatic N) is 5. The zero-order valence-electron chi connectivity index (χ0n) is 16.8. The molecule has 1 amide bonds. The Kier molecular flexibility index (Phi) is 6.97. The topological polar surface area (TPSA) is 175 Å². The number of nitrogens with one attached hydrogen (secondary N) is 1. The van der Waals surface area contributed by atoms with Crippen LogP contribution in [0.4, 0.5) is 11.4 Å². The van der Waals surface area contributed by atoms with Gasteiger partial charge in [0.2, 0.25) is 5.69 Å². The average Bonchev–Trinajstić information content (AvgIpc) is 3.20. The summed E-state index contributed by atoms with van der Waals surface area (Å²) in [5.41, 5.74) is 1.37. The number of carbonyl (C=O) groups is 1. The quantitative estimate of drug-likeness (QED) is 0.259. The molecule has 0 spiro atoms. The third-order valence-electron chi connectivity index (χ3n) is 4.30. The van der Waals surface area contributed by atoms with Crippen LogP contribution in [0.3, 0.4) is 0 Å². The second-order valence-corrected chi connectivity index (χ2v) is 7.40. The number of hydrogen-bond donors (Lipinski definition) is 2. The highest BCUT2D eigenvalue weighted by atomic mass is 79.9. The first kappa shape index (κ1) is 23.3. The number of ether oxygens (including phenoxy) is 1. The molecule has 14 heteroatoms. The predicted octanol–water partition coefficient (Wildman–Crippen LogP) is 2.99. The monoisotopic (exact) mass is 518 g/mol. The molecule has 2 N–H and O–H groups in total. The Bertz CT molecular complexity index is 1260. The van der Waals surface area contributed by atoms with Crippen molar-refractivity contribution in [2.24, 2.45) is 5.10 Å². The van der Waals surface area contributed by atoms with Crippen LogP contribution >= 0.6 is 15.9 Å². The Hall–Kier alpha value is -4.33. The number of phenols is 1. The summed E-state index contributed by atoms with van der Waals surface area (Å²) in [6.07, 6.45) is 2.06. The zero-order valence-corrected chi connectivity index (χ0v) is 18.4. The molecule has 33 heavy (non-hydrogen) atoms. The normalized spacial score (nSPS) is 10.8. The maximum absolute atomic E-state index is 12.4. The van der Waals surface area contributed by atoms with Gasteiger partial charge in [0.25, 0.3) is 11.6 Å². The molecule has 2 aromatic carbocycles. The number of methoxy groups -OCH3 is 1. The molecule has 0 fully saturated rings. The average molecular weight is 519 g/mol. The SMILES string of the molecule is COc1cc([N+](=O)[O-])cc(/C=N\NC(=O)c2nn(Cc3ccc(Br)cc3)cc2[N+](=O)[O-])c1O. The fraction of sp³-hybridized carbons (Fsp3) is 0.105. The van der Waals surface area contributed by atoms with Crippen LogP contribution in [0.15, 0.2) is 52.2 Å². The van der Waals surface area contributed by atoms with Crippen molar-refractivity contribution in [3.05, 3.63) is 84.1 Å². The van der Waals surface area contributed by atoms with E-state index < -0.39 is 32.9 Å². The summed E-state index contributed by atoms with van der Waals surface area (Å²) in [6, 6.07) is 9.22. The first-order valence-corrected chi connectivity index (χ1v) is 9.84. The number of nitro benzene ring substituents is 1. The maximum atomic E-state index is 12.4. The van der Waals surface area contributed by atoms with Gasteiger partial charge in [0.05, 0.1) is 35.8 Å². The summed E-state index contributed by atoms with van der Waals surface area (Å²) in [7, 11) is 1.21. The van der Waals surface area contributed by atoms with Gasteiger partial charge in [-0.25, -0.2) is 5.43 Å². The van der Waals surface area contributed by atoms with Crippen molar-refractivity contribution in [2.45, 2.75) is 6.54 Å². The Morgan fingerprint density at radius 1 is 1.27 bits per heavy atom. The molecule has 170 valence electrons. The van der Waals surface area contributed by atoms with E-state index in [-0.39, 0.29) is 23.5 Å². The van der Waals surface area contributed by atoms with Gasteiger partial charge in [-0.05, 0) is 17.7 Å². The highest BCUT2D eigenvalue weighted by Crippen LogP contribution is 2.33. The number of phenolic OH excluding ortho intramolecular Hbond substituents is 1. The maximum Gasteiger partial charge on any atom is 0.320 e. The smallest absolute Gasteiger partial charge is 0.320 e. The molecule has 0 aliphatic carbocycles. The number of rotatable bonds is 8. The third kappa shape index (κ3) is 5.48. The van der Waals surface area contributed by atoms with Crippen molar-refractivity contribution < 1.29 is 24.5 Å². The highest BCUT2D eigenvalue weighted by Gasteiger charge is 2.25. The lowest BCUT2D eigenvalue weighted by atomic mass is 10.2. The van der Waals surface area contributed by atoms with Gasteiger partial charge in [-0.1, -0.05) is 28.1 Å². The van der Waals surface area contributed by atoms with Crippen LogP contribution in [0.25, 0.3) is 0 Å². The van der Waals surface area contributed by atoms with E-state index in [1.54, 1.807) is 24.3 Å². The second kappa shape index (κ2) is 9.86. The molecule has 0 aliphatic rings. The molecular weight excluding hydrogens is 504 g/mol. The van der Waals surface area contributed by atoms with Crippen molar-refractivity contribution in [1.29, 1.82) is 0 Å². The van der Waals surface area contributed by atoms with Crippen LogP contribution in [0.2, 0.25) is 0 Å². The fourth-order valence-corrected chi connectivity index (χ4v) is 3.02. The molecular formula is C19H15BrN6O7. The number of hydrogen-bond acceptors (Lipinski definition) is 9. The van der Waals surface area contributed by atoms with Gasteiger partial charge in [0.15, 0.2) is 11.5 Å². The molecule has 0 saturated heterocycles. The van der Waals surface area contributed by atoms with E-state index >= 15 is 0 Å². The number of halogens is 1. The van der Waals surface area contributed by atoms with Crippen LogP contribution in [0.5, 0.6) is 11.5 Å². The molecule has 0 bridgehead atoms. The van der Waals surface area contributed by atoms with E-state index in [0.717, 1.165) is 34.6 Å². The van der Waals surface area contributed by atoms with Gasteiger partial charge in [-0.3, -0.25) is 29.7 Å². The Morgan fingerprint density at radius 2 is 1.97 bits per heavy atom. The van der Waals surface area contributed by atoms with Gasteiger partial charge >= 0.3 is 5.69 Å². The number of aromatic nitrogens is 2. The number of aromatic hydroxyl groups is 1. The van der Waals surface area contributed by atoms with Crippen LogP contribution in [0, 0.1) is 20.2 Å². The van der Waals surface area contributed by atoms with Gasteiger partial charge in [-0.15, -0.1) is 0 Å². The Morgan fingerprint density at radius 3 is 2.58 bits per heavy atom. The predicted molar refractivity (Wildman–Crippen MR) is 118 cm³/mol. The number of hydrazone groups is 1. The molecule has 13 nitrogen and oxygen atoms in total. The zero-order chi connectivity index (χ0) is 24.1. The lowest BCUT2D eigenvalue weighted by molar-refractivity contribution is -0.385. The first-order chi connectivity index (χ1) is 15.7. The number of benzene rings is 2. The molecule has 0 unspecified atom stereocenters. The van der Waals surface area contributed by atoms with Crippen molar-refractivity contribution >= 4 is 39.4 Å². The van der Waals surface area contributed by atoms with E-state index in [2.05, 4.69) is 31.6 Å². The number of amides is 1. The summed E-state index contributed by atoms with van der Waals surface area (Å²) in [5.74, 6) is -1.59. The molecule has 1 aromatic heterocycles. The van der Waals surface area contributed by atoms with E-state index in [4.69, 9.17) is 4.74 Å². The van der Waals surface area contributed by atoms with Gasteiger partial charge < -0.3 is 9.84 Å². The van der Waals surface area contributed by atoms with Crippen molar-refractivity contribution in [3.8, 4) is 11.5 Å². The molecule has 0 atom stereocenters. The van der Waals surface area contributed by atoms with E-state index in [1.807, 2.05) is 0 Å². The lowest BCUT2D eigenvalue weighted by Gasteiger charge is -2.05. The Balaban J connectivity index is 1.81. The minimum Gasteiger partial charge on any atom is -0.504 e. The van der Waals surface area contributed by atoms with E-state index in [1.165, 1.54) is 11.8 Å². The summed E-state index contributed by atoms with van der Waals surface area (Å²) < 4.78 is 6.99. The molecule has 0 aliphatic heterocycles. The van der Waals surface area contributed by atoms with Gasteiger partial charge in [0.1, 0.15) is 6.20 Å². The second-order valence-electron chi connectivity index (χ2n) is 6.49. The molecule has 0 saturated carbocycles. The molecule has 0 radical (unpaired) electrons. The third-order valence-corrected chi connectivity index (χ3v) is 4.83. The summed E-state index contributed by atoms with van der Waals surface area (Å²) in [4.78, 5) is 33.4. The summed E-state index contributed by atoms with van der Waals surface area (Å²) >= 11 is 3.32. The largest absolute Gasteiger partial charge is 0.504 e. The number of non-ortho nitro benzene ring substituents is 1. The van der Waals surface area contributed by atoms with Crippen molar-refractivity contribution in [2.75, 3.05) is 7.11 Å². The van der Waals surface area contributed by atoms with Crippen LogP contribution < -0.4 is 10.2 Å². The van der Waals surface area contributed by atoms with Crippen molar-refractivity contribution in [3.63, 3.8) is 0 Å². The van der Waals surface area contributed by atoms with Crippen LogP contribution in [0.1, 0.15) is 21.6 Å². The minimum absolute atomic E-state index is 0.114. The van der Waals surface area contributed by atoms with Crippen LogP contribution in [-0.4, -0.2) is 44.0 Å². The molecule has 1 heterocycles. The van der Waals surface area contributed by atoms with E-state index in [0.29, 0.717) is 0 Å². The first-order valence-electron chi connectivity index (χ1n) is 9.04. The van der Waals surface area contributed by atoms with E-state index in [9.17, 15) is 30.1 Å². The summed E-state index contributed by atoms with van der Waals surface area (Å²) in [5, 5.41) is 40.1. The van der Waals surface area contributed by atoms with Gasteiger partial charge in [0, 0.05) is 16.1 Å². The minimum atomic E-state index is -0.982. The number of nitro groups is 2. The van der Waals surface area contributed by atoms with Crippen LogP contribution in [-0.2, 0) is 6.54 Å². The Labute approximate surface area is 193 Å². The van der Waals surface area contributed by atoms with Gasteiger partial charge in [-0.2, -0.15) is 10.2 Å². The lowest BCUT2D eigenvalue weighted by Crippen LogP contribution is -2.19. The summed E-state index contributed by atoms with van der Waals surface area (Å²) in [6.45, 7) is 0.187. The molecule has 3 rings (SSSR count). The fourth-order valence-electron chi connectivity index (χ4n) is 2.75. The molecule has 3 aromatic rings. The van der Waals surface area contributed by atoms with Crippen molar-refractivity contribution in [1.82, 2.24) is 15.2 Å². The standard InChI is InChI=1S/C19H15BrN6O7/c1-33-16-7-14(25(29)30)6-12(18(16)27)8-21-22-19(28)17-15(26(31)32)10-24(23-17)9-11-2-4-13(20)5-3-11/h2-8,10,27H,9H2,1H3,(H,22,28)/b21-8-.